The van der Waals surface area contributed by atoms with Crippen LogP contribution in [-0.2, 0) is 30.8 Å². The first-order valence-corrected chi connectivity index (χ1v) is 10.0. The van der Waals surface area contributed by atoms with Crippen molar-refractivity contribution in [2.45, 2.75) is 24.3 Å². The summed E-state index contributed by atoms with van der Waals surface area (Å²) in [5.74, 6) is -1.72. The standard InChI is InChI=1S/C19H21FN2O5S/c1-14(22-28(25,26)17-5-3-2-4-6-17)19(24)27-13-18(23)21-12-11-15-7-9-16(20)10-8-15/h2-10,14,22H,11-13H2,1H3,(H,21,23). The van der Waals surface area contributed by atoms with E-state index in [4.69, 9.17) is 4.74 Å². The summed E-state index contributed by atoms with van der Waals surface area (Å²) >= 11 is 0. The lowest BCUT2D eigenvalue weighted by molar-refractivity contribution is -0.149. The molecule has 0 radical (unpaired) electrons. The summed E-state index contributed by atoms with van der Waals surface area (Å²) in [6.45, 7) is 1.09. The molecule has 0 saturated heterocycles. The van der Waals surface area contributed by atoms with Crippen LogP contribution in [0.4, 0.5) is 4.39 Å². The molecule has 2 rings (SSSR count). The lowest BCUT2D eigenvalue weighted by Crippen LogP contribution is -2.41. The van der Waals surface area contributed by atoms with E-state index < -0.39 is 34.5 Å². The van der Waals surface area contributed by atoms with Gasteiger partial charge in [0.1, 0.15) is 11.9 Å². The predicted molar refractivity (Wildman–Crippen MR) is 100 cm³/mol. The number of amides is 1. The summed E-state index contributed by atoms with van der Waals surface area (Å²) in [7, 11) is -3.87. The van der Waals surface area contributed by atoms with Crippen LogP contribution in [0.25, 0.3) is 0 Å². The quantitative estimate of drug-likeness (QED) is 0.611. The van der Waals surface area contributed by atoms with E-state index in [9.17, 15) is 22.4 Å². The summed E-state index contributed by atoms with van der Waals surface area (Å²) in [6, 6.07) is 12.3. The summed E-state index contributed by atoms with van der Waals surface area (Å²) in [5.41, 5.74) is 0.850. The summed E-state index contributed by atoms with van der Waals surface area (Å²) in [6.07, 6.45) is 0.493. The summed E-state index contributed by atoms with van der Waals surface area (Å²) in [4.78, 5) is 23.7. The van der Waals surface area contributed by atoms with E-state index in [1.807, 2.05) is 0 Å². The molecule has 0 aliphatic rings. The number of esters is 1. The van der Waals surface area contributed by atoms with Gasteiger partial charge in [0.2, 0.25) is 10.0 Å². The summed E-state index contributed by atoms with van der Waals surface area (Å²) in [5, 5.41) is 2.57. The van der Waals surface area contributed by atoms with E-state index in [2.05, 4.69) is 10.0 Å². The topological polar surface area (TPSA) is 102 Å². The maximum Gasteiger partial charge on any atom is 0.324 e. The lowest BCUT2D eigenvalue weighted by Gasteiger charge is -2.13. The highest BCUT2D eigenvalue weighted by Crippen LogP contribution is 2.08. The average Bonchev–Trinajstić information content (AvgIpc) is 2.68. The van der Waals surface area contributed by atoms with Crippen molar-refractivity contribution in [2.75, 3.05) is 13.2 Å². The van der Waals surface area contributed by atoms with Gasteiger partial charge in [-0.15, -0.1) is 0 Å². The fraction of sp³-hybridized carbons (Fsp3) is 0.263. The normalized spacial score (nSPS) is 12.2. The van der Waals surface area contributed by atoms with Crippen molar-refractivity contribution in [3.8, 4) is 0 Å². The van der Waals surface area contributed by atoms with E-state index in [1.165, 1.54) is 31.2 Å². The van der Waals surface area contributed by atoms with Gasteiger partial charge in [-0.1, -0.05) is 30.3 Å². The monoisotopic (exact) mass is 408 g/mol. The predicted octanol–water partition coefficient (Wildman–Crippen LogP) is 1.39. The number of rotatable bonds is 9. The minimum atomic E-state index is -3.87. The molecule has 0 aliphatic heterocycles. The first-order valence-electron chi connectivity index (χ1n) is 8.53. The third kappa shape index (κ3) is 6.75. The van der Waals surface area contributed by atoms with Crippen molar-refractivity contribution in [1.29, 1.82) is 0 Å². The van der Waals surface area contributed by atoms with Gasteiger partial charge >= 0.3 is 5.97 Å². The second-order valence-corrected chi connectivity index (χ2v) is 7.70. The lowest BCUT2D eigenvalue weighted by atomic mass is 10.1. The fourth-order valence-electron chi connectivity index (χ4n) is 2.26. The Balaban J connectivity index is 1.73. The zero-order valence-electron chi connectivity index (χ0n) is 15.2. The molecule has 1 atom stereocenters. The maximum atomic E-state index is 12.8. The van der Waals surface area contributed by atoms with Gasteiger partial charge in [-0.25, -0.2) is 12.8 Å². The first-order chi connectivity index (χ1) is 13.3. The maximum absolute atomic E-state index is 12.8. The molecule has 0 saturated carbocycles. The first kappa shape index (κ1) is 21.5. The molecule has 7 nitrogen and oxygen atoms in total. The molecule has 0 fully saturated rings. The van der Waals surface area contributed by atoms with Crippen LogP contribution >= 0.6 is 0 Å². The van der Waals surface area contributed by atoms with Crippen LogP contribution < -0.4 is 10.0 Å². The van der Waals surface area contributed by atoms with Crippen LogP contribution in [0.3, 0.4) is 0 Å². The van der Waals surface area contributed by atoms with Crippen molar-refractivity contribution in [3.05, 3.63) is 66.0 Å². The van der Waals surface area contributed by atoms with Crippen LogP contribution in [0.15, 0.2) is 59.5 Å². The van der Waals surface area contributed by atoms with E-state index >= 15 is 0 Å². The zero-order chi connectivity index (χ0) is 20.6. The molecule has 0 spiro atoms. The van der Waals surface area contributed by atoms with Gasteiger partial charge in [-0.05, 0) is 43.2 Å². The van der Waals surface area contributed by atoms with Crippen LogP contribution in [-0.4, -0.2) is 39.5 Å². The Morgan fingerprint density at radius 2 is 1.71 bits per heavy atom. The smallest absolute Gasteiger partial charge is 0.324 e. The Morgan fingerprint density at radius 3 is 2.36 bits per heavy atom. The largest absolute Gasteiger partial charge is 0.454 e. The van der Waals surface area contributed by atoms with Gasteiger partial charge in [-0.3, -0.25) is 9.59 Å². The Morgan fingerprint density at radius 1 is 1.07 bits per heavy atom. The highest BCUT2D eigenvalue weighted by Gasteiger charge is 2.23. The molecule has 0 bridgehead atoms. The van der Waals surface area contributed by atoms with Gasteiger partial charge in [0.15, 0.2) is 6.61 Å². The van der Waals surface area contributed by atoms with Crippen molar-refractivity contribution < 1.29 is 27.1 Å². The number of hydrogen-bond donors (Lipinski definition) is 2. The molecule has 9 heteroatoms. The van der Waals surface area contributed by atoms with Gasteiger partial charge in [-0.2, -0.15) is 4.72 Å². The van der Waals surface area contributed by atoms with Crippen molar-refractivity contribution in [3.63, 3.8) is 0 Å². The molecular formula is C19H21FN2O5S. The number of halogens is 1. The number of sulfonamides is 1. The van der Waals surface area contributed by atoms with E-state index in [0.717, 1.165) is 5.56 Å². The molecule has 1 amide bonds. The number of hydrogen-bond acceptors (Lipinski definition) is 5. The number of ether oxygens (including phenoxy) is 1. The summed E-state index contributed by atoms with van der Waals surface area (Å²) < 4.78 is 44.2. The SMILES string of the molecule is CC(NS(=O)(=O)c1ccccc1)C(=O)OCC(=O)NCCc1ccc(F)cc1. The van der Waals surface area contributed by atoms with Crippen molar-refractivity contribution in [2.24, 2.45) is 0 Å². The third-order valence-corrected chi connectivity index (χ3v) is 5.29. The Bertz CT molecular complexity index is 902. The number of carbonyl (C=O) groups excluding carboxylic acids is 2. The zero-order valence-corrected chi connectivity index (χ0v) is 16.0. The second kappa shape index (κ2) is 9.95. The molecule has 2 aromatic rings. The molecule has 1 unspecified atom stereocenters. The number of carbonyl (C=O) groups is 2. The van der Waals surface area contributed by atoms with E-state index in [1.54, 1.807) is 30.3 Å². The minimum Gasteiger partial charge on any atom is -0.454 e. The van der Waals surface area contributed by atoms with Crippen molar-refractivity contribution in [1.82, 2.24) is 10.0 Å². The van der Waals surface area contributed by atoms with Gasteiger partial charge in [0, 0.05) is 6.54 Å². The molecule has 28 heavy (non-hydrogen) atoms. The highest BCUT2D eigenvalue weighted by molar-refractivity contribution is 7.89. The molecule has 2 aromatic carbocycles. The molecular weight excluding hydrogens is 387 g/mol. The highest BCUT2D eigenvalue weighted by atomic mass is 32.2. The Hall–Kier alpha value is -2.78. The fourth-order valence-corrected chi connectivity index (χ4v) is 3.47. The third-order valence-electron chi connectivity index (χ3n) is 3.73. The van der Waals surface area contributed by atoms with Crippen LogP contribution in [0.2, 0.25) is 0 Å². The van der Waals surface area contributed by atoms with Gasteiger partial charge in [0.25, 0.3) is 5.91 Å². The Kier molecular flexibility index (Phi) is 7.65. The molecule has 2 N–H and O–H groups in total. The Labute approximate surface area is 163 Å². The van der Waals surface area contributed by atoms with E-state index in [0.29, 0.717) is 6.42 Å². The van der Waals surface area contributed by atoms with Crippen molar-refractivity contribution >= 4 is 21.9 Å². The molecule has 150 valence electrons. The van der Waals surface area contributed by atoms with Crippen LogP contribution in [0.1, 0.15) is 12.5 Å². The van der Waals surface area contributed by atoms with E-state index in [-0.39, 0.29) is 17.3 Å². The van der Waals surface area contributed by atoms with Gasteiger partial charge < -0.3 is 10.1 Å². The molecule has 0 aromatic heterocycles. The van der Waals surface area contributed by atoms with Gasteiger partial charge in [0.05, 0.1) is 4.90 Å². The second-order valence-electron chi connectivity index (χ2n) is 5.99. The average molecular weight is 408 g/mol. The molecule has 0 aliphatic carbocycles. The van der Waals surface area contributed by atoms with Crippen LogP contribution in [0.5, 0.6) is 0 Å². The number of benzene rings is 2. The number of nitrogens with one attached hydrogen (secondary N) is 2. The minimum absolute atomic E-state index is 0.0215. The molecule has 0 heterocycles. The van der Waals surface area contributed by atoms with Crippen LogP contribution in [0, 0.1) is 5.82 Å².